The van der Waals surface area contributed by atoms with Gasteiger partial charge in [-0.1, -0.05) is 71.8 Å². The number of ether oxygens (including phenoxy) is 1. The molecule has 8 aromatic rings. The van der Waals surface area contributed by atoms with Crippen molar-refractivity contribution in [1.82, 2.24) is 19.1 Å². The van der Waals surface area contributed by atoms with Gasteiger partial charge in [0.05, 0.1) is 29.6 Å². The van der Waals surface area contributed by atoms with Crippen LogP contribution in [0.25, 0.3) is 44.1 Å². The molecule has 2 saturated carbocycles. The second kappa shape index (κ2) is 16.3. The van der Waals surface area contributed by atoms with Crippen LogP contribution in [0.5, 0.6) is 0 Å². The molecular weight excluding hydrogens is 757 g/mol. The molecule has 0 radical (unpaired) electrons. The number of aromatic carboxylic acids is 1. The van der Waals surface area contributed by atoms with Crippen LogP contribution in [-0.4, -0.2) is 43.3 Å². The lowest BCUT2D eigenvalue weighted by Gasteiger charge is -2.10. The first-order valence-electron chi connectivity index (χ1n) is 21.1. The first-order chi connectivity index (χ1) is 29.5. The van der Waals surface area contributed by atoms with Crippen LogP contribution >= 0.6 is 0 Å². The van der Waals surface area contributed by atoms with E-state index in [0.717, 1.165) is 46.3 Å². The third-order valence-electron chi connectivity index (χ3n) is 12.3. The molecule has 4 aromatic heterocycles. The van der Waals surface area contributed by atoms with E-state index < -0.39 is 5.97 Å². The van der Waals surface area contributed by atoms with Gasteiger partial charge in [0, 0.05) is 84.7 Å². The number of pyridine rings is 2. The number of hydrogen-bond acceptors (Lipinski definition) is 5. The summed E-state index contributed by atoms with van der Waals surface area (Å²) in [5.74, 6) is -0.183. The maximum absolute atomic E-state index is 12.4. The lowest BCUT2D eigenvalue weighted by molar-refractivity contribution is 0.0598. The molecule has 0 bridgehead atoms. The Morgan fingerprint density at radius 1 is 0.623 bits per heavy atom. The number of aryl methyl sites for hydroxylation is 4. The van der Waals surface area contributed by atoms with Crippen molar-refractivity contribution in [2.75, 3.05) is 7.11 Å². The van der Waals surface area contributed by atoms with E-state index in [4.69, 9.17) is 4.74 Å². The Morgan fingerprint density at radius 3 is 1.46 bits per heavy atom. The molecule has 2 aliphatic rings. The number of nitrogens with zero attached hydrogens (tertiary/aromatic N) is 4. The van der Waals surface area contributed by atoms with Gasteiger partial charge in [-0.15, -0.1) is 0 Å². The average Bonchev–Trinajstić information content (AvgIpc) is 4.22. The lowest BCUT2D eigenvalue weighted by Crippen LogP contribution is -2.09. The van der Waals surface area contributed by atoms with Crippen molar-refractivity contribution in [3.63, 3.8) is 0 Å². The zero-order valence-corrected chi connectivity index (χ0v) is 35.4. The van der Waals surface area contributed by atoms with Crippen LogP contribution in [0.2, 0.25) is 0 Å². The Bertz CT molecular complexity index is 2950. The quantitative estimate of drug-likeness (QED) is 0.138. The van der Waals surface area contributed by atoms with Crippen molar-refractivity contribution in [3.8, 4) is 22.3 Å². The average molecular weight is 807 g/mol. The zero-order chi connectivity index (χ0) is 42.4. The molecule has 4 heterocycles. The van der Waals surface area contributed by atoms with Gasteiger partial charge in [0.1, 0.15) is 0 Å². The number of esters is 1. The highest BCUT2D eigenvalue weighted by molar-refractivity contribution is 5.98. The maximum atomic E-state index is 12.4. The summed E-state index contributed by atoms with van der Waals surface area (Å²) < 4.78 is 9.35. The Balaban J connectivity index is 0.000000156. The number of hydrogen-bond donors (Lipinski definition) is 1. The van der Waals surface area contributed by atoms with Crippen molar-refractivity contribution in [2.45, 2.75) is 64.2 Å². The Hall–Kier alpha value is -6.80. The smallest absolute Gasteiger partial charge is 0.339 e. The largest absolute Gasteiger partial charge is 0.478 e. The molecule has 8 nitrogen and oxygen atoms in total. The minimum atomic E-state index is -0.902. The Labute approximate surface area is 356 Å². The SMILES string of the molecule is COC(=O)c1cc(C2CC2)cnc1Cc1ccc2c(c1)c(-c1ccc(C)cc1)cn2C.Cc1ccc(-c2cn(C)c3ccc(Cc4ncc(C5CC5)cc4C(=O)O)cc23)cc1. The van der Waals surface area contributed by atoms with Gasteiger partial charge in [0.2, 0.25) is 0 Å². The highest BCUT2D eigenvalue weighted by Crippen LogP contribution is 2.41. The molecule has 2 aliphatic carbocycles. The molecule has 10 rings (SSSR count). The predicted octanol–water partition coefficient (Wildman–Crippen LogP) is 11.5. The summed E-state index contributed by atoms with van der Waals surface area (Å²) in [6.45, 7) is 4.19. The van der Waals surface area contributed by atoms with Gasteiger partial charge in [-0.3, -0.25) is 9.97 Å². The van der Waals surface area contributed by atoms with Gasteiger partial charge in [-0.05, 0) is 121 Å². The number of carbonyl (C=O) groups is 2. The van der Waals surface area contributed by atoms with E-state index in [9.17, 15) is 14.7 Å². The molecule has 2 fully saturated rings. The van der Waals surface area contributed by atoms with Gasteiger partial charge in [0.25, 0.3) is 0 Å². The maximum Gasteiger partial charge on any atom is 0.339 e. The second-order valence-corrected chi connectivity index (χ2v) is 17.0. The molecule has 4 aromatic carbocycles. The minimum Gasteiger partial charge on any atom is -0.478 e. The number of carbonyl (C=O) groups excluding carboxylic acids is 1. The molecular formula is C53H50N4O4. The van der Waals surface area contributed by atoms with E-state index in [-0.39, 0.29) is 5.97 Å². The van der Waals surface area contributed by atoms with Gasteiger partial charge >= 0.3 is 11.9 Å². The molecule has 0 amide bonds. The first-order valence-corrected chi connectivity index (χ1v) is 21.1. The van der Waals surface area contributed by atoms with Crippen molar-refractivity contribution < 1.29 is 19.4 Å². The number of aromatic nitrogens is 4. The molecule has 0 aliphatic heterocycles. The summed E-state index contributed by atoms with van der Waals surface area (Å²) >= 11 is 0. The highest BCUT2D eigenvalue weighted by Gasteiger charge is 2.27. The van der Waals surface area contributed by atoms with E-state index in [1.54, 1.807) is 0 Å². The normalized spacial score (nSPS) is 13.6. The van der Waals surface area contributed by atoms with Gasteiger partial charge in [-0.2, -0.15) is 0 Å². The summed E-state index contributed by atoms with van der Waals surface area (Å²) in [6, 6.07) is 33.8. The van der Waals surface area contributed by atoms with Gasteiger partial charge < -0.3 is 19.0 Å². The minimum absolute atomic E-state index is 0.314. The zero-order valence-electron chi connectivity index (χ0n) is 35.4. The summed E-state index contributed by atoms with van der Waals surface area (Å²) in [5, 5.41) is 12.1. The Kier molecular flexibility index (Phi) is 10.6. The van der Waals surface area contributed by atoms with E-state index in [2.05, 4.69) is 144 Å². The standard InChI is InChI=1S/C27H26N2O2.C26H24N2O2/c1-17-4-7-20(8-5-17)24-16-29(2)26-11-6-18(12-22(24)26)13-25-23(27(30)31-3)14-21(15-28-25)19-9-10-19;1-16-3-6-19(7-4-16)23-15-28(2)25-10-5-17(11-21(23)25)12-24-22(26(29)30)13-20(14-27-24)18-8-9-18/h4-8,11-12,14-16,19H,9-10,13H2,1-3H3;3-7,10-11,13-15,18H,8-9,12H2,1-2H3,(H,29,30). The van der Waals surface area contributed by atoms with Crippen LogP contribution in [0.15, 0.2) is 122 Å². The van der Waals surface area contributed by atoms with Crippen molar-refractivity contribution in [1.29, 1.82) is 0 Å². The van der Waals surface area contributed by atoms with Crippen LogP contribution in [0.4, 0.5) is 0 Å². The number of methoxy groups -OCH3 is 1. The third-order valence-corrected chi connectivity index (χ3v) is 12.3. The molecule has 0 spiro atoms. The van der Waals surface area contributed by atoms with Gasteiger partial charge in [-0.25, -0.2) is 9.59 Å². The van der Waals surface area contributed by atoms with Crippen LogP contribution in [0.3, 0.4) is 0 Å². The van der Waals surface area contributed by atoms with Crippen LogP contribution in [-0.2, 0) is 31.7 Å². The third kappa shape index (κ3) is 8.35. The molecule has 1 N–H and O–H groups in total. The molecule has 8 heteroatoms. The van der Waals surface area contributed by atoms with Gasteiger partial charge in [0.15, 0.2) is 0 Å². The topological polar surface area (TPSA) is 99.2 Å². The van der Waals surface area contributed by atoms with Crippen LogP contribution in [0, 0.1) is 13.8 Å². The van der Waals surface area contributed by atoms with Crippen molar-refractivity contribution in [3.05, 3.63) is 178 Å². The van der Waals surface area contributed by atoms with E-state index in [1.807, 2.05) is 24.5 Å². The fraction of sp³-hybridized carbons (Fsp3) is 0.245. The summed E-state index contributed by atoms with van der Waals surface area (Å²) in [4.78, 5) is 33.5. The van der Waals surface area contributed by atoms with Crippen molar-refractivity contribution in [2.24, 2.45) is 14.1 Å². The monoisotopic (exact) mass is 806 g/mol. The summed E-state index contributed by atoms with van der Waals surface area (Å²) in [5.41, 5.74) is 16.3. The van der Waals surface area contributed by atoms with E-state index in [1.165, 1.54) is 69.6 Å². The highest BCUT2D eigenvalue weighted by atomic mass is 16.5. The number of fused-ring (bicyclic) bond motifs is 2. The summed E-state index contributed by atoms with van der Waals surface area (Å²) in [6.07, 6.45) is 13.8. The molecule has 306 valence electrons. The van der Waals surface area contributed by atoms with E-state index >= 15 is 0 Å². The number of benzene rings is 4. The molecule has 0 saturated heterocycles. The van der Waals surface area contributed by atoms with Crippen LogP contribution < -0.4 is 0 Å². The van der Waals surface area contributed by atoms with Crippen LogP contribution in [0.1, 0.15) is 103 Å². The number of rotatable bonds is 10. The van der Waals surface area contributed by atoms with Crippen molar-refractivity contribution >= 4 is 33.7 Å². The fourth-order valence-corrected chi connectivity index (χ4v) is 8.46. The number of carboxylic acid groups (broad SMARTS) is 1. The summed E-state index contributed by atoms with van der Waals surface area (Å²) in [7, 11) is 5.56. The van der Waals surface area contributed by atoms with E-state index in [0.29, 0.717) is 41.5 Å². The predicted molar refractivity (Wildman–Crippen MR) is 243 cm³/mol. The fourth-order valence-electron chi connectivity index (χ4n) is 8.46. The number of carboxylic acids is 1. The second-order valence-electron chi connectivity index (χ2n) is 17.0. The molecule has 61 heavy (non-hydrogen) atoms. The first kappa shape index (κ1) is 39.6. The molecule has 0 atom stereocenters. The lowest BCUT2D eigenvalue weighted by atomic mass is 9.99. The molecule has 0 unspecified atom stereocenters. The Morgan fingerprint density at radius 2 is 1.05 bits per heavy atom.